The molecule has 3 aliphatic rings. The van der Waals surface area contributed by atoms with Crippen molar-refractivity contribution in [3.05, 3.63) is 23.8 Å². The van der Waals surface area contributed by atoms with Crippen LogP contribution in [0.2, 0.25) is 0 Å². The van der Waals surface area contributed by atoms with Gasteiger partial charge in [0.15, 0.2) is 11.5 Å². The van der Waals surface area contributed by atoms with Crippen molar-refractivity contribution < 1.29 is 29.0 Å². The van der Waals surface area contributed by atoms with Crippen molar-refractivity contribution in [2.75, 3.05) is 33.9 Å². The summed E-state index contributed by atoms with van der Waals surface area (Å²) in [6.45, 7) is 1.14. The molecule has 35 heavy (non-hydrogen) atoms. The summed E-state index contributed by atoms with van der Waals surface area (Å²) in [5.41, 5.74) is 1.86. The molecule has 0 bridgehead atoms. The number of hydrogen-bond acceptors (Lipinski definition) is 6. The zero-order chi connectivity index (χ0) is 24.9. The van der Waals surface area contributed by atoms with Gasteiger partial charge in [-0.25, -0.2) is 9.80 Å². The van der Waals surface area contributed by atoms with Crippen LogP contribution in [0.3, 0.4) is 0 Å². The highest BCUT2D eigenvalue weighted by molar-refractivity contribution is 6.07. The average molecular weight is 487 g/mol. The zero-order valence-corrected chi connectivity index (χ0v) is 20.4. The van der Waals surface area contributed by atoms with Gasteiger partial charge in [-0.2, -0.15) is 5.10 Å². The molecule has 2 aliphatic heterocycles. The van der Waals surface area contributed by atoms with Gasteiger partial charge in [-0.05, 0) is 43.9 Å². The van der Waals surface area contributed by atoms with Crippen molar-refractivity contribution >= 4 is 23.6 Å². The highest BCUT2D eigenvalue weighted by Gasteiger charge is 2.44. The number of benzene rings is 1. The first-order valence-corrected chi connectivity index (χ1v) is 12.3. The molecular formula is C25H34N4O6. The van der Waals surface area contributed by atoms with Crippen molar-refractivity contribution in [3.8, 4) is 11.5 Å². The number of hydrazone groups is 1. The molecule has 1 aliphatic carbocycles. The molecule has 2 atom stereocenters. The molecule has 1 aromatic carbocycles. The second kappa shape index (κ2) is 11.0. The molecule has 10 heteroatoms. The number of rotatable bonds is 7. The number of nitrogens with one attached hydrogen (secondary N) is 1. The Morgan fingerprint density at radius 3 is 2.40 bits per heavy atom. The highest BCUT2D eigenvalue weighted by Crippen LogP contribution is 2.40. The summed E-state index contributed by atoms with van der Waals surface area (Å²) in [6, 6.07) is 5.72. The summed E-state index contributed by atoms with van der Waals surface area (Å²) < 4.78 is 10.9. The van der Waals surface area contributed by atoms with Crippen LogP contribution in [-0.4, -0.2) is 78.5 Å². The van der Waals surface area contributed by atoms with Crippen molar-refractivity contribution in [2.45, 2.75) is 51.0 Å². The molecule has 2 fully saturated rings. The Balaban J connectivity index is 1.52. The Kier molecular flexibility index (Phi) is 7.77. The molecule has 10 nitrogen and oxygen atoms in total. The number of carbonyl (C=O) groups excluding carboxylic acids is 2. The second-order valence-corrected chi connectivity index (χ2v) is 9.33. The molecule has 0 radical (unpaired) electrons. The predicted molar refractivity (Wildman–Crippen MR) is 129 cm³/mol. The maximum absolute atomic E-state index is 13.5. The van der Waals surface area contributed by atoms with Crippen molar-refractivity contribution in [2.24, 2.45) is 16.9 Å². The number of carboxylic acid groups (broad SMARTS) is 1. The maximum atomic E-state index is 13.5. The van der Waals surface area contributed by atoms with Gasteiger partial charge in [0.2, 0.25) is 11.8 Å². The van der Waals surface area contributed by atoms with Crippen molar-refractivity contribution in [1.82, 2.24) is 15.2 Å². The van der Waals surface area contributed by atoms with Gasteiger partial charge in [0, 0.05) is 43.5 Å². The van der Waals surface area contributed by atoms with Crippen LogP contribution in [0.4, 0.5) is 4.79 Å². The lowest BCUT2D eigenvalue weighted by atomic mass is 9.73. The Morgan fingerprint density at radius 1 is 1.06 bits per heavy atom. The smallest absolute Gasteiger partial charge is 0.404 e. The predicted octanol–water partition coefficient (Wildman–Crippen LogP) is 2.71. The van der Waals surface area contributed by atoms with E-state index in [1.807, 2.05) is 18.2 Å². The van der Waals surface area contributed by atoms with Crippen LogP contribution in [0.5, 0.6) is 11.5 Å². The van der Waals surface area contributed by atoms with Gasteiger partial charge in [-0.3, -0.25) is 9.59 Å². The number of amides is 3. The molecular weight excluding hydrogens is 452 g/mol. The van der Waals surface area contributed by atoms with Gasteiger partial charge in [0.25, 0.3) is 0 Å². The average Bonchev–Trinajstić information content (AvgIpc) is 2.88. The molecule has 0 aromatic heterocycles. The fourth-order valence-corrected chi connectivity index (χ4v) is 5.49. The summed E-state index contributed by atoms with van der Waals surface area (Å²) in [6.07, 6.45) is 4.20. The minimum absolute atomic E-state index is 0.0679. The number of carbonyl (C=O) groups is 3. The Morgan fingerprint density at radius 2 is 1.74 bits per heavy atom. The summed E-state index contributed by atoms with van der Waals surface area (Å²) >= 11 is 0. The minimum atomic E-state index is -1.13. The lowest BCUT2D eigenvalue weighted by Gasteiger charge is -2.43. The third-order valence-electron chi connectivity index (χ3n) is 7.33. The highest BCUT2D eigenvalue weighted by atomic mass is 16.5. The first-order valence-electron chi connectivity index (χ1n) is 12.3. The maximum Gasteiger partial charge on any atom is 0.404 e. The molecule has 4 rings (SSSR count). The zero-order valence-electron chi connectivity index (χ0n) is 20.4. The molecule has 0 unspecified atom stereocenters. The first-order chi connectivity index (χ1) is 16.9. The molecule has 3 amide bonds. The number of fused-ring (bicyclic) bond motifs is 1. The summed E-state index contributed by atoms with van der Waals surface area (Å²) in [5, 5.41) is 17.5. The lowest BCUT2D eigenvalue weighted by molar-refractivity contribution is -0.143. The van der Waals surface area contributed by atoms with Crippen molar-refractivity contribution in [1.29, 1.82) is 0 Å². The van der Waals surface area contributed by atoms with Gasteiger partial charge in [0.05, 0.1) is 26.0 Å². The summed E-state index contributed by atoms with van der Waals surface area (Å²) in [7, 11) is 3.21. The van der Waals surface area contributed by atoms with E-state index in [9.17, 15) is 14.4 Å². The standard InChI is InChI=1S/C25H34N4O6/c1-34-20-8-7-16(15-21(20)35-2)23-18-5-3-4-6-19(18)24(31)29(27-23)17-10-13-28(14-11-17)22(30)9-12-26-25(32)33/h7-8,15,17-19,26H,3-6,9-14H2,1-2H3,(H,32,33)/t18-,19+/m0/s1. The van der Waals surface area contributed by atoms with Crippen LogP contribution in [0.1, 0.15) is 50.5 Å². The van der Waals surface area contributed by atoms with Crippen LogP contribution in [0, 0.1) is 11.8 Å². The van der Waals surface area contributed by atoms with Gasteiger partial charge in [-0.1, -0.05) is 12.8 Å². The van der Waals surface area contributed by atoms with Gasteiger partial charge in [-0.15, -0.1) is 0 Å². The molecule has 2 N–H and O–H groups in total. The number of piperidine rings is 1. The lowest BCUT2D eigenvalue weighted by Crippen LogP contribution is -2.53. The van der Waals surface area contributed by atoms with Crippen LogP contribution < -0.4 is 14.8 Å². The van der Waals surface area contributed by atoms with E-state index >= 15 is 0 Å². The number of ether oxygens (including phenoxy) is 2. The fraction of sp³-hybridized carbons (Fsp3) is 0.600. The normalized spacial score (nSPS) is 22.8. The van der Waals surface area contributed by atoms with Gasteiger partial charge in [0.1, 0.15) is 0 Å². The Bertz CT molecular complexity index is 988. The molecule has 190 valence electrons. The van der Waals surface area contributed by atoms with E-state index in [-0.39, 0.29) is 42.7 Å². The third-order valence-corrected chi connectivity index (χ3v) is 7.33. The van der Waals surface area contributed by atoms with E-state index < -0.39 is 6.09 Å². The molecule has 0 spiro atoms. The summed E-state index contributed by atoms with van der Waals surface area (Å²) in [5.74, 6) is 1.31. The Hall–Kier alpha value is -3.30. The van der Waals surface area contributed by atoms with Crippen LogP contribution in [0.15, 0.2) is 23.3 Å². The van der Waals surface area contributed by atoms with Gasteiger partial charge < -0.3 is 24.8 Å². The number of methoxy groups -OCH3 is 2. The van der Waals surface area contributed by atoms with Crippen LogP contribution in [0.25, 0.3) is 0 Å². The SMILES string of the molecule is COc1ccc(C2=NN(C3CCN(C(=O)CCNC(=O)O)CC3)C(=O)[C@@H]3CCCC[C@H]23)cc1OC. The van der Waals surface area contributed by atoms with Gasteiger partial charge >= 0.3 is 6.09 Å². The topological polar surface area (TPSA) is 121 Å². The van der Waals surface area contributed by atoms with E-state index in [1.165, 1.54) is 0 Å². The fourth-order valence-electron chi connectivity index (χ4n) is 5.49. The number of nitrogens with zero attached hydrogens (tertiary/aromatic N) is 3. The third kappa shape index (κ3) is 5.36. The molecule has 2 heterocycles. The second-order valence-electron chi connectivity index (χ2n) is 9.33. The van der Waals surface area contributed by atoms with E-state index in [0.717, 1.165) is 37.0 Å². The van der Waals surface area contributed by atoms with E-state index in [1.54, 1.807) is 24.1 Å². The van der Waals surface area contributed by atoms with E-state index in [0.29, 0.717) is 37.4 Å². The monoisotopic (exact) mass is 486 g/mol. The number of likely N-dealkylation sites (tertiary alicyclic amines) is 1. The largest absolute Gasteiger partial charge is 0.493 e. The number of hydrogen-bond donors (Lipinski definition) is 2. The van der Waals surface area contributed by atoms with E-state index in [4.69, 9.17) is 19.7 Å². The quantitative estimate of drug-likeness (QED) is 0.611. The summed E-state index contributed by atoms with van der Waals surface area (Å²) in [4.78, 5) is 38.3. The van der Waals surface area contributed by atoms with Crippen LogP contribution >= 0.6 is 0 Å². The molecule has 1 aromatic rings. The first kappa shape index (κ1) is 24.8. The Labute approximate surface area is 205 Å². The minimum Gasteiger partial charge on any atom is -0.493 e. The van der Waals surface area contributed by atoms with E-state index in [2.05, 4.69) is 5.32 Å². The van der Waals surface area contributed by atoms with Crippen LogP contribution in [-0.2, 0) is 9.59 Å². The van der Waals surface area contributed by atoms with Crippen molar-refractivity contribution in [3.63, 3.8) is 0 Å². The molecule has 1 saturated carbocycles. The molecule has 1 saturated heterocycles.